The van der Waals surface area contributed by atoms with Gasteiger partial charge in [-0.05, 0) is 11.6 Å². The summed E-state index contributed by atoms with van der Waals surface area (Å²) in [7, 11) is -3.52. The number of carbonyl (C=O) groups is 1. The lowest BCUT2D eigenvalue weighted by Crippen LogP contribution is -2.55. The standard InChI is InChI=1S/C21H26N4O5S/c26-21(19-6-7-22-20(16-19)30-17-18-4-2-1-3-5-18)23-8-10-24(11-9-23)31(27,28)25-12-14-29-15-13-25/h1-7,16H,8-15,17H2. The predicted molar refractivity (Wildman–Crippen MR) is 114 cm³/mol. The predicted octanol–water partition coefficient (Wildman–Crippen LogP) is 0.995. The minimum atomic E-state index is -3.52. The van der Waals surface area contributed by atoms with Gasteiger partial charge >= 0.3 is 0 Å². The quantitative estimate of drug-likeness (QED) is 0.657. The number of pyridine rings is 1. The maximum absolute atomic E-state index is 12.9. The molecule has 4 rings (SSSR count). The topological polar surface area (TPSA) is 92.3 Å². The van der Waals surface area contributed by atoms with Gasteiger partial charge in [-0.15, -0.1) is 0 Å². The fraction of sp³-hybridized carbons (Fsp3) is 0.429. The molecule has 2 aliphatic heterocycles. The van der Waals surface area contributed by atoms with Gasteiger partial charge in [0.25, 0.3) is 16.1 Å². The number of piperazine rings is 1. The van der Waals surface area contributed by atoms with Gasteiger partial charge in [0.05, 0.1) is 13.2 Å². The Labute approximate surface area is 182 Å². The fourth-order valence-electron chi connectivity index (χ4n) is 3.60. The first kappa shape index (κ1) is 21.7. The molecule has 3 heterocycles. The molecule has 0 atom stereocenters. The first-order chi connectivity index (χ1) is 15.0. The summed E-state index contributed by atoms with van der Waals surface area (Å²) in [4.78, 5) is 18.8. The van der Waals surface area contributed by atoms with E-state index < -0.39 is 10.2 Å². The summed E-state index contributed by atoms with van der Waals surface area (Å²) in [6.07, 6.45) is 1.55. The minimum Gasteiger partial charge on any atom is -0.473 e. The second-order valence-electron chi connectivity index (χ2n) is 7.37. The molecule has 0 spiro atoms. The van der Waals surface area contributed by atoms with Crippen LogP contribution >= 0.6 is 0 Å². The molecule has 1 aromatic heterocycles. The van der Waals surface area contributed by atoms with Gasteiger partial charge in [-0.3, -0.25) is 4.79 Å². The summed E-state index contributed by atoms with van der Waals surface area (Å²) in [5.74, 6) is 0.221. The van der Waals surface area contributed by atoms with E-state index in [1.807, 2.05) is 30.3 Å². The normalized spacial score (nSPS) is 18.6. The van der Waals surface area contributed by atoms with Crippen molar-refractivity contribution in [1.29, 1.82) is 0 Å². The van der Waals surface area contributed by atoms with Crippen molar-refractivity contribution in [3.05, 3.63) is 59.8 Å². The maximum atomic E-state index is 12.9. The largest absolute Gasteiger partial charge is 0.473 e. The van der Waals surface area contributed by atoms with Crippen molar-refractivity contribution in [2.24, 2.45) is 0 Å². The number of hydrogen-bond donors (Lipinski definition) is 0. The van der Waals surface area contributed by atoms with Crippen LogP contribution < -0.4 is 4.74 Å². The number of ether oxygens (including phenoxy) is 2. The Morgan fingerprint density at radius 2 is 1.65 bits per heavy atom. The zero-order valence-corrected chi connectivity index (χ0v) is 18.0. The molecule has 2 aromatic rings. The van der Waals surface area contributed by atoms with Crippen molar-refractivity contribution in [2.75, 3.05) is 52.5 Å². The van der Waals surface area contributed by atoms with E-state index in [9.17, 15) is 13.2 Å². The first-order valence-corrected chi connectivity index (χ1v) is 11.7. The van der Waals surface area contributed by atoms with E-state index in [-0.39, 0.29) is 19.0 Å². The molecule has 2 fully saturated rings. The molecular weight excluding hydrogens is 420 g/mol. The van der Waals surface area contributed by atoms with Gasteiger partial charge in [-0.25, -0.2) is 4.98 Å². The van der Waals surface area contributed by atoms with Crippen LogP contribution in [0.3, 0.4) is 0 Å². The van der Waals surface area contributed by atoms with Crippen LogP contribution in [0.25, 0.3) is 0 Å². The van der Waals surface area contributed by atoms with Gasteiger partial charge in [0, 0.05) is 57.1 Å². The average Bonchev–Trinajstić information content (AvgIpc) is 2.84. The second kappa shape index (κ2) is 9.73. The Balaban J connectivity index is 1.34. The van der Waals surface area contributed by atoms with E-state index in [0.717, 1.165) is 5.56 Å². The van der Waals surface area contributed by atoms with E-state index in [1.165, 1.54) is 8.61 Å². The highest BCUT2D eigenvalue weighted by Crippen LogP contribution is 2.17. The summed E-state index contributed by atoms with van der Waals surface area (Å²) in [5.41, 5.74) is 1.49. The Morgan fingerprint density at radius 1 is 0.968 bits per heavy atom. The first-order valence-electron chi connectivity index (χ1n) is 10.3. The zero-order valence-electron chi connectivity index (χ0n) is 17.2. The molecule has 10 heteroatoms. The van der Waals surface area contributed by atoms with Gasteiger partial charge in [-0.2, -0.15) is 17.0 Å². The van der Waals surface area contributed by atoms with Crippen LogP contribution in [0.15, 0.2) is 48.7 Å². The molecular formula is C21H26N4O5S. The molecule has 0 unspecified atom stereocenters. The molecule has 9 nitrogen and oxygen atoms in total. The third-order valence-electron chi connectivity index (χ3n) is 5.36. The molecule has 166 valence electrons. The van der Waals surface area contributed by atoms with E-state index in [0.29, 0.717) is 57.4 Å². The van der Waals surface area contributed by atoms with Gasteiger partial charge in [0.2, 0.25) is 5.88 Å². The third-order valence-corrected chi connectivity index (χ3v) is 7.40. The molecule has 0 bridgehead atoms. The van der Waals surface area contributed by atoms with E-state index in [2.05, 4.69) is 4.98 Å². The molecule has 2 aliphatic rings. The smallest absolute Gasteiger partial charge is 0.282 e. The number of amides is 1. The monoisotopic (exact) mass is 446 g/mol. The highest BCUT2D eigenvalue weighted by Gasteiger charge is 2.34. The average molecular weight is 447 g/mol. The Kier molecular flexibility index (Phi) is 6.81. The summed E-state index contributed by atoms with van der Waals surface area (Å²) >= 11 is 0. The van der Waals surface area contributed by atoms with Crippen LogP contribution in [0, 0.1) is 0 Å². The van der Waals surface area contributed by atoms with Crippen molar-refractivity contribution in [3.8, 4) is 5.88 Å². The van der Waals surface area contributed by atoms with Crippen molar-refractivity contribution >= 4 is 16.1 Å². The van der Waals surface area contributed by atoms with Crippen LogP contribution in [0.4, 0.5) is 0 Å². The number of rotatable bonds is 6. The van der Waals surface area contributed by atoms with Gasteiger partial charge in [-0.1, -0.05) is 30.3 Å². The number of hydrogen-bond acceptors (Lipinski definition) is 6. The van der Waals surface area contributed by atoms with Crippen molar-refractivity contribution in [3.63, 3.8) is 0 Å². The van der Waals surface area contributed by atoms with E-state index in [1.54, 1.807) is 23.2 Å². The molecule has 31 heavy (non-hydrogen) atoms. The second-order valence-corrected chi connectivity index (χ2v) is 9.30. The van der Waals surface area contributed by atoms with Crippen LogP contribution in [-0.4, -0.2) is 85.3 Å². The van der Waals surface area contributed by atoms with E-state index >= 15 is 0 Å². The van der Waals surface area contributed by atoms with Crippen molar-refractivity contribution < 1.29 is 22.7 Å². The summed E-state index contributed by atoms with van der Waals surface area (Å²) < 4.78 is 39.4. The van der Waals surface area contributed by atoms with Crippen LogP contribution in [0.2, 0.25) is 0 Å². The van der Waals surface area contributed by atoms with Gasteiger partial charge in [0.15, 0.2) is 0 Å². The molecule has 0 N–H and O–H groups in total. The highest BCUT2D eigenvalue weighted by molar-refractivity contribution is 7.86. The molecule has 2 saturated heterocycles. The zero-order chi connectivity index (χ0) is 21.7. The summed E-state index contributed by atoms with van der Waals surface area (Å²) in [5, 5.41) is 0. The maximum Gasteiger partial charge on any atom is 0.282 e. The minimum absolute atomic E-state index is 0.157. The number of morpholine rings is 1. The number of aromatic nitrogens is 1. The number of carbonyl (C=O) groups excluding carboxylic acids is 1. The van der Waals surface area contributed by atoms with Gasteiger partial charge < -0.3 is 14.4 Å². The molecule has 1 aromatic carbocycles. The van der Waals surface area contributed by atoms with E-state index in [4.69, 9.17) is 9.47 Å². The Bertz CT molecular complexity index is 988. The number of nitrogens with zero attached hydrogens (tertiary/aromatic N) is 4. The summed E-state index contributed by atoms with van der Waals surface area (Å²) in [6, 6.07) is 13.0. The summed E-state index contributed by atoms with van der Waals surface area (Å²) in [6.45, 7) is 3.14. The molecule has 0 saturated carbocycles. The van der Waals surface area contributed by atoms with Crippen LogP contribution in [0.1, 0.15) is 15.9 Å². The third kappa shape index (κ3) is 5.21. The van der Waals surface area contributed by atoms with Crippen molar-refractivity contribution in [1.82, 2.24) is 18.5 Å². The van der Waals surface area contributed by atoms with Crippen LogP contribution in [0.5, 0.6) is 5.88 Å². The Morgan fingerprint density at radius 3 is 2.35 bits per heavy atom. The SMILES string of the molecule is O=C(c1ccnc(OCc2ccccc2)c1)N1CCN(S(=O)(=O)N2CCOCC2)CC1. The molecule has 1 amide bonds. The Hall–Kier alpha value is -2.53. The van der Waals surface area contributed by atoms with Crippen molar-refractivity contribution in [2.45, 2.75) is 6.61 Å². The van der Waals surface area contributed by atoms with Crippen LogP contribution in [-0.2, 0) is 21.6 Å². The lowest BCUT2D eigenvalue weighted by Gasteiger charge is -2.37. The molecule has 0 aliphatic carbocycles. The number of benzene rings is 1. The lowest BCUT2D eigenvalue weighted by atomic mass is 10.2. The fourth-order valence-corrected chi connectivity index (χ4v) is 5.16. The highest BCUT2D eigenvalue weighted by atomic mass is 32.2. The van der Waals surface area contributed by atoms with Gasteiger partial charge in [0.1, 0.15) is 6.61 Å². The molecule has 0 radical (unpaired) electrons. The lowest BCUT2D eigenvalue weighted by molar-refractivity contribution is 0.0636.